The molecule has 0 amide bonds. The summed E-state index contributed by atoms with van der Waals surface area (Å²) in [6.07, 6.45) is 1.45. The normalized spacial score (nSPS) is 12.0. The predicted octanol–water partition coefficient (Wildman–Crippen LogP) is 3.34. The molecule has 1 atom stereocenters. The van der Waals surface area contributed by atoms with E-state index in [-0.39, 0.29) is 40.5 Å². The molecule has 0 saturated carbocycles. The molecule has 0 aliphatic carbocycles. The topological polar surface area (TPSA) is 94.3 Å². The van der Waals surface area contributed by atoms with Crippen LogP contribution in [0.1, 0.15) is 22.8 Å². The van der Waals surface area contributed by atoms with Crippen LogP contribution in [-0.2, 0) is 30.0 Å². The maximum absolute atomic E-state index is 13.8. The van der Waals surface area contributed by atoms with E-state index in [9.17, 15) is 17.8 Å². The van der Waals surface area contributed by atoms with E-state index >= 15 is 0 Å². The lowest BCUT2D eigenvalue weighted by atomic mass is 10.2. The predicted molar refractivity (Wildman–Crippen MR) is 109 cm³/mol. The molecule has 1 aromatic carbocycles. The molecular weight excluding hydrogens is 484 g/mol. The Morgan fingerprint density at radius 3 is 2.73 bits per heavy atom. The molecule has 1 N–H and O–H groups in total. The number of hydrogen-bond donors (Lipinski definition) is 1. The fraction of sp³-hybridized carbons (Fsp3) is 0.211. The molecule has 0 radical (unpaired) electrons. The van der Waals surface area contributed by atoms with Crippen LogP contribution < -0.4 is 10.3 Å². The van der Waals surface area contributed by atoms with Crippen molar-refractivity contribution in [3.8, 4) is 5.75 Å². The van der Waals surface area contributed by atoms with Crippen LogP contribution in [0, 0.1) is 18.6 Å². The van der Waals surface area contributed by atoms with Crippen LogP contribution in [0.5, 0.6) is 5.75 Å². The fourth-order valence-electron chi connectivity index (χ4n) is 2.68. The number of rotatable bonds is 7. The van der Waals surface area contributed by atoms with Crippen molar-refractivity contribution in [3.05, 3.63) is 85.8 Å². The van der Waals surface area contributed by atoms with Gasteiger partial charge in [0.1, 0.15) is 40.0 Å². The van der Waals surface area contributed by atoms with E-state index < -0.39 is 28.3 Å². The Bertz CT molecular complexity index is 1170. The maximum Gasteiger partial charge on any atom is 0.269 e. The van der Waals surface area contributed by atoms with Crippen molar-refractivity contribution in [2.75, 3.05) is 0 Å². The molecule has 0 fully saturated rings. The van der Waals surface area contributed by atoms with Gasteiger partial charge < -0.3 is 13.9 Å². The summed E-state index contributed by atoms with van der Waals surface area (Å²) in [6.45, 7) is 1.63. The summed E-state index contributed by atoms with van der Waals surface area (Å²) in [6, 6.07) is 6.38. The van der Waals surface area contributed by atoms with Gasteiger partial charge >= 0.3 is 0 Å². The lowest BCUT2D eigenvalue weighted by Gasteiger charge is -2.15. The lowest BCUT2D eigenvalue weighted by molar-refractivity contribution is 0.295. The Balaban J connectivity index is 1.82. The van der Waals surface area contributed by atoms with Gasteiger partial charge in [-0.15, -0.1) is 0 Å². The van der Waals surface area contributed by atoms with Crippen molar-refractivity contribution in [2.45, 2.75) is 25.8 Å². The molecule has 0 saturated heterocycles. The van der Waals surface area contributed by atoms with Crippen molar-refractivity contribution >= 4 is 27.0 Å². The summed E-state index contributed by atoms with van der Waals surface area (Å²) in [5.74, 6) is -1.22. The van der Waals surface area contributed by atoms with Crippen molar-refractivity contribution in [3.63, 3.8) is 0 Å². The van der Waals surface area contributed by atoms with Crippen LogP contribution in [0.25, 0.3) is 0 Å². The highest BCUT2D eigenvalue weighted by Gasteiger charge is 2.14. The summed E-state index contributed by atoms with van der Waals surface area (Å²) in [5, 5.41) is 0. The van der Waals surface area contributed by atoms with Gasteiger partial charge in [0, 0.05) is 29.6 Å². The number of pyridine rings is 1. The minimum Gasteiger partial charge on any atom is -0.487 e. The first kappa shape index (κ1) is 22.2. The van der Waals surface area contributed by atoms with Crippen LogP contribution in [0.15, 0.2) is 45.8 Å². The van der Waals surface area contributed by atoms with Crippen LogP contribution in [0.4, 0.5) is 8.78 Å². The third-order valence-electron chi connectivity index (χ3n) is 4.15. The highest BCUT2D eigenvalue weighted by atomic mass is 79.9. The summed E-state index contributed by atoms with van der Waals surface area (Å²) >= 11 is 1.14. The van der Waals surface area contributed by atoms with Crippen molar-refractivity contribution in [2.24, 2.45) is 0 Å². The smallest absolute Gasteiger partial charge is 0.269 e. The molecule has 3 rings (SSSR count). The van der Waals surface area contributed by atoms with Gasteiger partial charge in [-0.1, -0.05) is 0 Å². The standard InChI is InChI=1S/C19H16BrF2N3O4S/c1-11-6-16(29-9-12-2-3-13(21)7-15(12)22)18(20)19(26)25(11)8-14-4-5-23-17(24-14)10-30(27)28/h2-7H,8-10H2,1H3,(H,27,28). The molecule has 30 heavy (non-hydrogen) atoms. The molecule has 2 aromatic heterocycles. The van der Waals surface area contributed by atoms with Gasteiger partial charge in [-0.05, 0) is 41.1 Å². The van der Waals surface area contributed by atoms with E-state index in [0.29, 0.717) is 11.4 Å². The summed E-state index contributed by atoms with van der Waals surface area (Å²) < 4.78 is 53.9. The molecule has 0 aliphatic heterocycles. The van der Waals surface area contributed by atoms with E-state index in [1.807, 2.05) is 0 Å². The molecule has 0 spiro atoms. The Morgan fingerprint density at radius 1 is 1.27 bits per heavy atom. The van der Waals surface area contributed by atoms with Crippen LogP contribution in [0.3, 0.4) is 0 Å². The SMILES string of the molecule is Cc1cc(OCc2ccc(F)cc2F)c(Br)c(=O)n1Cc1ccnc(CS(=O)O)n1. The zero-order valence-electron chi connectivity index (χ0n) is 15.6. The molecule has 2 heterocycles. The number of halogens is 3. The van der Waals surface area contributed by atoms with E-state index in [2.05, 4.69) is 25.9 Å². The number of aromatic nitrogens is 3. The lowest BCUT2D eigenvalue weighted by Crippen LogP contribution is -2.25. The van der Waals surface area contributed by atoms with E-state index in [0.717, 1.165) is 12.1 Å². The van der Waals surface area contributed by atoms with Gasteiger partial charge in [-0.25, -0.2) is 23.0 Å². The summed E-state index contributed by atoms with van der Waals surface area (Å²) in [4.78, 5) is 20.9. The third-order valence-corrected chi connectivity index (χ3v) is 5.38. The zero-order chi connectivity index (χ0) is 21.8. The molecule has 1 unspecified atom stereocenters. The quantitative estimate of drug-likeness (QED) is 0.501. The van der Waals surface area contributed by atoms with Crippen molar-refractivity contribution < 1.29 is 22.3 Å². The van der Waals surface area contributed by atoms with Gasteiger partial charge in [0.25, 0.3) is 5.56 Å². The monoisotopic (exact) mass is 499 g/mol. The molecule has 0 aliphatic rings. The number of ether oxygens (including phenoxy) is 1. The Morgan fingerprint density at radius 2 is 2.03 bits per heavy atom. The minimum absolute atomic E-state index is 0.115. The molecule has 0 bridgehead atoms. The first-order chi connectivity index (χ1) is 14.2. The van der Waals surface area contributed by atoms with Crippen LogP contribution in [0.2, 0.25) is 0 Å². The highest BCUT2D eigenvalue weighted by molar-refractivity contribution is 9.10. The second kappa shape index (κ2) is 9.54. The number of benzene rings is 1. The van der Waals surface area contributed by atoms with E-state index in [4.69, 9.17) is 9.29 Å². The summed E-state index contributed by atoms with van der Waals surface area (Å²) in [7, 11) is 0. The number of hydrogen-bond acceptors (Lipinski definition) is 5. The van der Waals surface area contributed by atoms with Crippen molar-refractivity contribution in [1.82, 2.24) is 14.5 Å². The molecule has 158 valence electrons. The zero-order valence-corrected chi connectivity index (χ0v) is 18.0. The number of nitrogens with zero attached hydrogens (tertiary/aromatic N) is 3. The average molecular weight is 500 g/mol. The first-order valence-corrected chi connectivity index (χ1v) is 10.7. The van der Waals surface area contributed by atoms with Gasteiger partial charge in [0.2, 0.25) is 0 Å². The highest BCUT2D eigenvalue weighted by Crippen LogP contribution is 2.24. The minimum atomic E-state index is -2.07. The molecular formula is C19H16BrF2N3O4S. The molecule has 3 aromatic rings. The number of aryl methyl sites for hydroxylation is 1. The van der Waals surface area contributed by atoms with Gasteiger partial charge in [0.05, 0.1) is 12.2 Å². The van der Waals surface area contributed by atoms with E-state index in [1.54, 1.807) is 19.1 Å². The average Bonchev–Trinajstić information content (AvgIpc) is 2.68. The molecule has 11 heteroatoms. The fourth-order valence-corrected chi connectivity index (χ4v) is 3.49. The third kappa shape index (κ3) is 5.35. The van der Waals surface area contributed by atoms with Crippen molar-refractivity contribution in [1.29, 1.82) is 0 Å². The van der Waals surface area contributed by atoms with Gasteiger partial charge in [-0.3, -0.25) is 4.79 Å². The second-order valence-electron chi connectivity index (χ2n) is 6.31. The Labute approximate surface area is 181 Å². The van der Waals surface area contributed by atoms with Crippen LogP contribution >= 0.6 is 15.9 Å². The van der Waals surface area contributed by atoms with Gasteiger partial charge in [0.15, 0.2) is 11.1 Å². The first-order valence-electron chi connectivity index (χ1n) is 8.59. The second-order valence-corrected chi connectivity index (χ2v) is 8.03. The maximum atomic E-state index is 13.8. The largest absolute Gasteiger partial charge is 0.487 e. The Hall–Kier alpha value is -2.50. The van der Waals surface area contributed by atoms with Gasteiger partial charge in [-0.2, -0.15) is 0 Å². The molecule has 7 nitrogen and oxygen atoms in total. The van der Waals surface area contributed by atoms with Crippen LogP contribution in [-0.4, -0.2) is 23.3 Å². The summed E-state index contributed by atoms with van der Waals surface area (Å²) in [5.41, 5.74) is 0.809. The Kier molecular flexibility index (Phi) is 7.06. The van der Waals surface area contributed by atoms with E-state index in [1.165, 1.54) is 16.8 Å².